The summed E-state index contributed by atoms with van der Waals surface area (Å²) in [6.07, 6.45) is 10.3. The number of hydrogen-bond donors (Lipinski definition) is 2. The van der Waals surface area contributed by atoms with Crippen LogP contribution in [0.25, 0.3) is 0 Å². The van der Waals surface area contributed by atoms with E-state index in [0.717, 1.165) is 12.8 Å². The van der Waals surface area contributed by atoms with Crippen LogP contribution in [0.5, 0.6) is 0 Å². The molecule has 1 amide bonds. The summed E-state index contributed by atoms with van der Waals surface area (Å²) in [6, 6.07) is -0.403. The Morgan fingerprint density at radius 1 is 1.25 bits per heavy atom. The van der Waals surface area contributed by atoms with E-state index in [-0.39, 0.29) is 23.5 Å². The lowest BCUT2D eigenvalue weighted by atomic mass is 9.81. The average Bonchev–Trinajstić information content (AvgIpc) is 2.52. The summed E-state index contributed by atoms with van der Waals surface area (Å²) in [5, 5.41) is 18.1. The van der Waals surface area contributed by atoms with Crippen molar-refractivity contribution in [3.8, 4) is 0 Å². The maximum absolute atomic E-state index is 12.8. The zero-order valence-corrected chi connectivity index (χ0v) is 16.0. The monoisotopic (exact) mass is 337 g/mol. The maximum atomic E-state index is 12.8. The zero-order valence-electron chi connectivity index (χ0n) is 16.0. The number of hydrazine groups is 1. The number of hydrogen-bond acceptors (Lipinski definition) is 4. The topological polar surface area (TPSA) is 55.8 Å². The highest BCUT2D eigenvalue weighted by atomic mass is 16.3. The molecule has 5 nitrogen and oxygen atoms in total. The van der Waals surface area contributed by atoms with Gasteiger partial charge in [-0.25, -0.2) is 10.0 Å². The second-order valence-electron chi connectivity index (χ2n) is 8.53. The quantitative estimate of drug-likeness (QED) is 0.773. The molecule has 0 radical (unpaired) electrons. The van der Waals surface area contributed by atoms with Crippen LogP contribution in [0.2, 0.25) is 0 Å². The van der Waals surface area contributed by atoms with Gasteiger partial charge in [0.2, 0.25) is 5.91 Å². The molecule has 3 atom stereocenters. The molecule has 0 aromatic carbocycles. The first kappa shape index (κ1) is 19.4. The fourth-order valence-corrected chi connectivity index (χ4v) is 4.00. The molecule has 24 heavy (non-hydrogen) atoms. The van der Waals surface area contributed by atoms with Crippen molar-refractivity contribution in [2.75, 3.05) is 14.1 Å². The lowest BCUT2D eigenvalue weighted by Crippen LogP contribution is -2.62. The molecule has 5 heteroatoms. The Morgan fingerprint density at radius 3 is 2.42 bits per heavy atom. The van der Waals surface area contributed by atoms with Gasteiger partial charge in [-0.15, -0.1) is 0 Å². The van der Waals surface area contributed by atoms with E-state index < -0.39 is 6.10 Å². The van der Waals surface area contributed by atoms with Crippen LogP contribution in [-0.2, 0) is 4.79 Å². The van der Waals surface area contributed by atoms with Crippen molar-refractivity contribution in [1.82, 2.24) is 15.3 Å². The van der Waals surface area contributed by atoms with Crippen LogP contribution in [0, 0.1) is 5.92 Å². The van der Waals surface area contributed by atoms with Crippen molar-refractivity contribution < 1.29 is 9.90 Å². The Morgan fingerprint density at radius 2 is 1.88 bits per heavy atom. The van der Waals surface area contributed by atoms with E-state index in [1.807, 2.05) is 39.9 Å². The minimum atomic E-state index is -0.422. The van der Waals surface area contributed by atoms with E-state index in [1.165, 1.54) is 19.3 Å². The number of amides is 1. The van der Waals surface area contributed by atoms with E-state index >= 15 is 0 Å². The molecule has 2 rings (SSSR count). The standard InChI is InChI=1S/C19H35N3O2/c1-19(2,3)20-18(24)16-13-9-12-15(22(16)21(4)5)17(23)14-10-7-6-8-11-14/h9,12,14-17,23H,6-8,10-11,13H2,1-5H3,(H,20,24)/t15-,16+,17-/m0/s1. The van der Waals surface area contributed by atoms with Gasteiger partial charge in [-0.05, 0) is 46.0 Å². The minimum absolute atomic E-state index is 0.0291. The van der Waals surface area contributed by atoms with Gasteiger partial charge in [0.15, 0.2) is 0 Å². The largest absolute Gasteiger partial charge is 0.391 e. The van der Waals surface area contributed by atoms with Crippen molar-refractivity contribution in [3.63, 3.8) is 0 Å². The predicted molar refractivity (Wildman–Crippen MR) is 97.3 cm³/mol. The highest BCUT2D eigenvalue weighted by Gasteiger charge is 2.40. The second-order valence-corrected chi connectivity index (χ2v) is 8.53. The Bertz CT molecular complexity index is 450. The summed E-state index contributed by atoms with van der Waals surface area (Å²) in [4.78, 5) is 12.8. The molecule has 0 aromatic rings. The van der Waals surface area contributed by atoms with Crippen LogP contribution < -0.4 is 5.32 Å². The van der Waals surface area contributed by atoms with Gasteiger partial charge in [-0.3, -0.25) is 4.79 Å². The summed E-state index contributed by atoms with van der Waals surface area (Å²) in [5.74, 6) is 0.363. The first-order valence-electron chi connectivity index (χ1n) is 9.33. The van der Waals surface area contributed by atoms with Crippen LogP contribution in [0.15, 0.2) is 12.2 Å². The molecular formula is C19H35N3O2. The number of carbonyl (C=O) groups is 1. The third-order valence-electron chi connectivity index (χ3n) is 5.06. The van der Waals surface area contributed by atoms with Crippen molar-refractivity contribution >= 4 is 5.91 Å². The van der Waals surface area contributed by atoms with Crippen LogP contribution >= 0.6 is 0 Å². The van der Waals surface area contributed by atoms with Gasteiger partial charge in [-0.2, -0.15) is 0 Å². The second kappa shape index (κ2) is 7.98. The Balaban J connectivity index is 2.16. The molecule has 1 fully saturated rings. The van der Waals surface area contributed by atoms with E-state index in [9.17, 15) is 9.90 Å². The molecule has 1 heterocycles. The van der Waals surface area contributed by atoms with Crippen molar-refractivity contribution in [3.05, 3.63) is 12.2 Å². The van der Waals surface area contributed by atoms with Crippen LogP contribution in [-0.4, -0.2) is 58.9 Å². The Labute approximate surface area is 147 Å². The Hall–Kier alpha value is -0.910. The summed E-state index contributed by atoms with van der Waals surface area (Å²) >= 11 is 0. The van der Waals surface area contributed by atoms with Gasteiger partial charge in [0.05, 0.1) is 12.1 Å². The van der Waals surface area contributed by atoms with Gasteiger partial charge in [0.25, 0.3) is 0 Å². The molecule has 2 N–H and O–H groups in total. The van der Waals surface area contributed by atoms with Crippen molar-refractivity contribution in [2.24, 2.45) is 5.92 Å². The van der Waals surface area contributed by atoms with Crippen molar-refractivity contribution in [1.29, 1.82) is 0 Å². The lowest BCUT2D eigenvalue weighted by molar-refractivity contribution is -0.145. The number of nitrogens with zero attached hydrogens (tertiary/aromatic N) is 2. The fourth-order valence-electron chi connectivity index (χ4n) is 4.00. The zero-order chi connectivity index (χ0) is 17.9. The number of nitrogens with one attached hydrogen (secondary N) is 1. The summed E-state index contributed by atoms with van der Waals surface area (Å²) < 4.78 is 0. The molecule has 0 bridgehead atoms. The van der Waals surface area contributed by atoms with Gasteiger partial charge in [0.1, 0.15) is 6.04 Å². The first-order chi connectivity index (χ1) is 11.2. The lowest BCUT2D eigenvalue weighted by Gasteiger charge is -2.46. The number of rotatable bonds is 4. The third-order valence-corrected chi connectivity index (χ3v) is 5.06. The molecule has 1 saturated carbocycles. The molecule has 1 aliphatic carbocycles. The third kappa shape index (κ3) is 4.80. The molecule has 2 aliphatic rings. The number of aliphatic hydroxyl groups excluding tert-OH is 1. The molecule has 1 aliphatic heterocycles. The highest BCUT2D eigenvalue weighted by molar-refractivity contribution is 5.82. The average molecular weight is 338 g/mol. The molecule has 138 valence electrons. The maximum Gasteiger partial charge on any atom is 0.239 e. The summed E-state index contributed by atoms with van der Waals surface area (Å²) in [6.45, 7) is 5.99. The molecule has 0 aromatic heterocycles. The molecule has 0 saturated heterocycles. The van der Waals surface area contributed by atoms with Gasteiger partial charge < -0.3 is 10.4 Å². The predicted octanol–water partition coefficient (Wildman–Crippen LogP) is 2.32. The highest BCUT2D eigenvalue weighted by Crippen LogP contribution is 2.32. The fraction of sp³-hybridized carbons (Fsp3) is 0.842. The minimum Gasteiger partial charge on any atom is -0.391 e. The molecular weight excluding hydrogens is 302 g/mol. The summed E-state index contributed by atoms with van der Waals surface area (Å²) in [7, 11) is 3.91. The van der Waals surface area contributed by atoms with Gasteiger partial charge in [0, 0.05) is 19.6 Å². The normalized spacial score (nSPS) is 28.1. The molecule has 0 spiro atoms. The van der Waals surface area contributed by atoms with Crippen LogP contribution in [0.1, 0.15) is 59.3 Å². The SMILES string of the molecule is CN(C)N1[C@@H](C(=O)NC(C)(C)C)CC=C[C@H]1[C@@H](O)C1CCCCC1. The van der Waals surface area contributed by atoms with Crippen LogP contribution in [0.3, 0.4) is 0 Å². The van der Waals surface area contributed by atoms with Crippen molar-refractivity contribution in [2.45, 2.75) is 83.0 Å². The summed E-state index contributed by atoms with van der Waals surface area (Å²) in [5.41, 5.74) is -0.256. The van der Waals surface area contributed by atoms with Crippen LogP contribution in [0.4, 0.5) is 0 Å². The number of aliphatic hydroxyl groups is 1. The van der Waals surface area contributed by atoms with E-state index in [2.05, 4.69) is 22.5 Å². The van der Waals surface area contributed by atoms with E-state index in [4.69, 9.17) is 0 Å². The number of carbonyl (C=O) groups excluding carboxylic acids is 1. The Kier molecular flexibility index (Phi) is 6.46. The van der Waals surface area contributed by atoms with E-state index in [0.29, 0.717) is 12.3 Å². The first-order valence-corrected chi connectivity index (χ1v) is 9.33. The van der Waals surface area contributed by atoms with E-state index in [1.54, 1.807) is 0 Å². The smallest absolute Gasteiger partial charge is 0.239 e. The van der Waals surface area contributed by atoms with Gasteiger partial charge >= 0.3 is 0 Å². The molecule has 0 unspecified atom stereocenters. The van der Waals surface area contributed by atoms with Gasteiger partial charge in [-0.1, -0.05) is 31.4 Å².